The topological polar surface area (TPSA) is 83.2 Å². The molecule has 0 radical (unpaired) electrons. The number of hydrogen-bond acceptors (Lipinski definition) is 3. The Morgan fingerprint density at radius 3 is 2.86 bits per heavy atom. The Kier molecular flexibility index (Phi) is 4.81. The Morgan fingerprint density at radius 1 is 1.33 bits per heavy atom. The first-order chi connectivity index (χ1) is 10.1. The van der Waals surface area contributed by atoms with Crippen LogP contribution < -0.4 is 10.6 Å². The summed E-state index contributed by atoms with van der Waals surface area (Å²) in [4.78, 5) is 26.0. The van der Waals surface area contributed by atoms with Crippen LogP contribution >= 0.6 is 0 Å². The number of aromatic amines is 1. The van der Waals surface area contributed by atoms with Crippen LogP contribution in [0.1, 0.15) is 12.5 Å². The van der Waals surface area contributed by atoms with Crippen molar-refractivity contribution in [2.75, 3.05) is 13.7 Å². The summed E-state index contributed by atoms with van der Waals surface area (Å²) in [6.07, 6.45) is 2.66. The lowest BCUT2D eigenvalue weighted by atomic mass is 10.1. The molecule has 2 aromatic rings. The lowest BCUT2D eigenvalue weighted by Gasteiger charge is -2.12. The zero-order chi connectivity index (χ0) is 15.2. The van der Waals surface area contributed by atoms with Crippen molar-refractivity contribution in [3.05, 3.63) is 36.0 Å². The third kappa shape index (κ3) is 3.75. The van der Waals surface area contributed by atoms with Gasteiger partial charge in [-0.15, -0.1) is 0 Å². The minimum Gasteiger partial charge on any atom is -0.467 e. The maximum absolute atomic E-state index is 11.6. The van der Waals surface area contributed by atoms with Crippen LogP contribution in [0.25, 0.3) is 10.9 Å². The first-order valence-electron chi connectivity index (χ1n) is 6.79. The van der Waals surface area contributed by atoms with Crippen molar-refractivity contribution in [2.45, 2.75) is 19.4 Å². The number of urea groups is 1. The second kappa shape index (κ2) is 6.78. The van der Waals surface area contributed by atoms with E-state index in [0.29, 0.717) is 13.0 Å². The number of para-hydroxylation sites is 1. The van der Waals surface area contributed by atoms with Crippen LogP contribution in [0.15, 0.2) is 30.5 Å². The molecule has 3 N–H and O–H groups in total. The van der Waals surface area contributed by atoms with Gasteiger partial charge in [0, 0.05) is 23.6 Å². The first kappa shape index (κ1) is 14.9. The number of carbonyl (C=O) groups is 2. The Bertz CT molecular complexity index is 636. The Labute approximate surface area is 122 Å². The van der Waals surface area contributed by atoms with Crippen LogP contribution in [0.2, 0.25) is 0 Å². The molecule has 1 aromatic heterocycles. The van der Waals surface area contributed by atoms with Crippen molar-refractivity contribution in [2.24, 2.45) is 0 Å². The van der Waals surface area contributed by atoms with Gasteiger partial charge in [-0.2, -0.15) is 0 Å². The summed E-state index contributed by atoms with van der Waals surface area (Å²) in [6, 6.07) is 6.97. The molecule has 0 spiro atoms. The number of amides is 2. The highest BCUT2D eigenvalue weighted by molar-refractivity contribution is 5.84. The predicted octanol–water partition coefficient (Wildman–Crippen LogP) is 1.57. The van der Waals surface area contributed by atoms with E-state index in [9.17, 15) is 9.59 Å². The van der Waals surface area contributed by atoms with Gasteiger partial charge in [-0.25, -0.2) is 9.59 Å². The molecule has 2 amide bonds. The molecule has 1 atom stereocenters. The summed E-state index contributed by atoms with van der Waals surface area (Å²) in [5.74, 6) is -0.471. The highest BCUT2D eigenvalue weighted by atomic mass is 16.5. The van der Waals surface area contributed by atoms with Crippen LogP contribution in [0.4, 0.5) is 4.79 Å². The van der Waals surface area contributed by atoms with Gasteiger partial charge in [-0.3, -0.25) is 0 Å². The number of rotatable bonds is 5. The van der Waals surface area contributed by atoms with Crippen molar-refractivity contribution in [3.8, 4) is 0 Å². The molecule has 21 heavy (non-hydrogen) atoms. The van der Waals surface area contributed by atoms with E-state index in [2.05, 4.69) is 20.4 Å². The lowest BCUT2D eigenvalue weighted by Crippen LogP contribution is -2.45. The molecule has 0 unspecified atom stereocenters. The number of aromatic nitrogens is 1. The van der Waals surface area contributed by atoms with Crippen molar-refractivity contribution in [1.29, 1.82) is 0 Å². The van der Waals surface area contributed by atoms with Gasteiger partial charge in [-0.05, 0) is 25.0 Å². The SMILES string of the molecule is COC(=O)[C@@H](C)NC(=O)NCCc1c[nH]c2ccccc12. The fourth-order valence-electron chi connectivity index (χ4n) is 2.13. The van der Waals surface area contributed by atoms with Crippen LogP contribution in [0.3, 0.4) is 0 Å². The maximum Gasteiger partial charge on any atom is 0.328 e. The standard InChI is InChI=1S/C15H19N3O3/c1-10(14(19)21-2)18-15(20)16-8-7-11-9-17-13-6-4-3-5-12(11)13/h3-6,9-10,17H,7-8H2,1-2H3,(H2,16,18,20)/t10-/m1/s1. The normalized spacial score (nSPS) is 11.9. The number of fused-ring (bicyclic) bond motifs is 1. The van der Waals surface area contributed by atoms with Crippen LogP contribution in [0, 0.1) is 0 Å². The lowest BCUT2D eigenvalue weighted by molar-refractivity contribution is -0.142. The van der Waals surface area contributed by atoms with Gasteiger partial charge < -0.3 is 20.4 Å². The highest BCUT2D eigenvalue weighted by Gasteiger charge is 2.15. The monoisotopic (exact) mass is 289 g/mol. The number of benzene rings is 1. The quantitative estimate of drug-likeness (QED) is 0.731. The summed E-state index contributed by atoms with van der Waals surface area (Å²) in [6.45, 7) is 2.06. The van der Waals surface area contributed by atoms with E-state index in [1.165, 1.54) is 7.11 Å². The van der Waals surface area contributed by atoms with E-state index in [-0.39, 0.29) is 6.03 Å². The molecule has 1 aromatic carbocycles. The summed E-state index contributed by atoms with van der Waals surface area (Å²) in [7, 11) is 1.29. The summed E-state index contributed by atoms with van der Waals surface area (Å²) >= 11 is 0. The van der Waals surface area contributed by atoms with Crippen LogP contribution in [-0.4, -0.2) is 36.7 Å². The molecule has 6 nitrogen and oxygen atoms in total. The van der Waals surface area contributed by atoms with Gasteiger partial charge in [0.2, 0.25) is 0 Å². The van der Waals surface area contributed by atoms with Crippen LogP contribution in [0.5, 0.6) is 0 Å². The molecule has 112 valence electrons. The first-order valence-corrected chi connectivity index (χ1v) is 6.79. The van der Waals surface area contributed by atoms with Gasteiger partial charge in [0.15, 0.2) is 0 Å². The number of H-pyrrole nitrogens is 1. The number of nitrogens with one attached hydrogen (secondary N) is 3. The van der Waals surface area contributed by atoms with Gasteiger partial charge >= 0.3 is 12.0 Å². The molecule has 1 heterocycles. The largest absolute Gasteiger partial charge is 0.467 e. The second-order valence-electron chi connectivity index (χ2n) is 4.75. The van der Waals surface area contributed by atoms with E-state index in [1.807, 2.05) is 30.5 Å². The van der Waals surface area contributed by atoms with Gasteiger partial charge in [0.1, 0.15) is 6.04 Å². The minimum atomic E-state index is -0.664. The fraction of sp³-hybridized carbons (Fsp3) is 0.333. The zero-order valence-electron chi connectivity index (χ0n) is 12.1. The molecular weight excluding hydrogens is 270 g/mol. The molecule has 0 aliphatic carbocycles. The zero-order valence-corrected chi connectivity index (χ0v) is 12.1. The summed E-state index contributed by atoms with van der Waals surface area (Å²) in [5, 5.41) is 6.39. The van der Waals surface area contributed by atoms with Crippen molar-refractivity contribution in [1.82, 2.24) is 15.6 Å². The van der Waals surface area contributed by atoms with E-state index in [4.69, 9.17) is 0 Å². The predicted molar refractivity (Wildman–Crippen MR) is 80.0 cm³/mol. The van der Waals surface area contributed by atoms with Crippen molar-refractivity contribution >= 4 is 22.9 Å². The molecule has 0 aliphatic rings. The fourth-order valence-corrected chi connectivity index (χ4v) is 2.13. The average molecular weight is 289 g/mol. The molecule has 0 saturated carbocycles. The summed E-state index contributed by atoms with van der Waals surface area (Å²) < 4.78 is 4.54. The highest BCUT2D eigenvalue weighted by Crippen LogP contribution is 2.17. The number of methoxy groups -OCH3 is 1. The molecule has 6 heteroatoms. The average Bonchev–Trinajstić information content (AvgIpc) is 2.90. The number of ether oxygens (including phenoxy) is 1. The molecular formula is C15H19N3O3. The Hall–Kier alpha value is -2.50. The van der Waals surface area contributed by atoms with E-state index in [0.717, 1.165) is 16.5 Å². The Balaban J connectivity index is 1.81. The molecule has 2 rings (SSSR count). The number of esters is 1. The van der Waals surface area contributed by atoms with E-state index >= 15 is 0 Å². The molecule has 0 saturated heterocycles. The van der Waals surface area contributed by atoms with E-state index < -0.39 is 12.0 Å². The third-order valence-electron chi connectivity index (χ3n) is 3.26. The molecule has 0 bridgehead atoms. The summed E-state index contributed by atoms with van der Waals surface area (Å²) in [5.41, 5.74) is 2.23. The van der Waals surface area contributed by atoms with Gasteiger partial charge in [0.25, 0.3) is 0 Å². The smallest absolute Gasteiger partial charge is 0.328 e. The van der Waals surface area contributed by atoms with Gasteiger partial charge in [-0.1, -0.05) is 18.2 Å². The van der Waals surface area contributed by atoms with Crippen LogP contribution in [-0.2, 0) is 16.0 Å². The molecule has 0 fully saturated rings. The second-order valence-corrected chi connectivity index (χ2v) is 4.75. The Morgan fingerprint density at radius 2 is 2.10 bits per heavy atom. The van der Waals surface area contributed by atoms with Gasteiger partial charge in [0.05, 0.1) is 7.11 Å². The van der Waals surface area contributed by atoms with Crippen molar-refractivity contribution in [3.63, 3.8) is 0 Å². The third-order valence-corrected chi connectivity index (χ3v) is 3.26. The minimum absolute atomic E-state index is 0.382. The number of carbonyl (C=O) groups excluding carboxylic acids is 2. The van der Waals surface area contributed by atoms with E-state index in [1.54, 1.807) is 6.92 Å². The van der Waals surface area contributed by atoms with Crippen molar-refractivity contribution < 1.29 is 14.3 Å². The molecule has 0 aliphatic heterocycles. The number of hydrogen-bond donors (Lipinski definition) is 3. The maximum atomic E-state index is 11.6.